The zero-order valence-electron chi connectivity index (χ0n) is 13.7. The molecule has 0 aliphatic carbocycles. The predicted molar refractivity (Wildman–Crippen MR) is 87.6 cm³/mol. The summed E-state index contributed by atoms with van der Waals surface area (Å²) in [6.45, 7) is 3.38. The van der Waals surface area contributed by atoms with Crippen molar-refractivity contribution in [3.63, 3.8) is 0 Å². The molecule has 1 aromatic carbocycles. The molecule has 1 aromatic rings. The maximum Gasteiger partial charge on any atom is 0.262 e. The van der Waals surface area contributed by atoms with E-state index in [0.29, 0.717) is 30.6 Å². The molecule has 7 heteroatoms. The van der Waals surface area contributed by atoms with Gasteiger partial charge in [0.15, 0.2) is 6.61 Å². The summed E-state index contributed by atoms with van der Waals surface area (Å²) in [7, 11) is 0. The third-order valence-corrected chi connectivity index (χ3v) is 4.61. The lowest BCUT2D eigenvalue weighted by Gasteiger charge is -2.34. The number of nitrogens with one attached hydrogen (secondary N) is 2. The SMILES string of the molecule is C[C@@H](NC1CCN(CC(F)F)CC1)c1ccc2c(c1)NC(=O)CO2. The molecule has 3 rings (SSSR count). The maximum atomic E-state index is 12.4. The Morgan fingerprint density at radius 3 is 2.83 bits per heavy atom. The summed E-state index contributed by atoms with van der Waals surface area (Å²) in [6, 6.07) is 6.21. The highest BCUT2D eigenvalue weighted by atomic mass is 19.3. The van der Waals surface area contributed by atoms with Gasteiger partial charge in [0, 0.05) is 12.1 Å². The van der Waals surface area contributed by atoms with Gasteiger partial charge in [-0.05, 0) is 50.6 Å². The fourth-order valence-corrected chi connectivity index (χ4v) is 3.30. The Bertz CT molecular complexity index is 589. The van der Waals surface area contributed by atoms with Crippen LogP contribution in [0.3, 0.4) is 0 Å². The molecule has 0 spiro atoms. The van der Waals surface area contributed by atoms with Crippen LogP contribution in [0.1, 0.15) is 31.4 Å². The first-order chi connectivity index (χ1) is 11.5. The van der Waals surface area contributed by atoms with E-state index in [0.717, 1.165) is 18.4 Å². The molecular formula is C17H23F2N3O2. The van der Waals surface area contributed by atoms with Crippen LogP contribution < -0.4 is 15.4 Å². The summed E-state index contributed by atoms with van der Waals surface area (Å²) in [5, 5.41) is 6.37. The Hall–Kier alpha value is -1.73. The van der Waals surface area contributed by atoms with Crippen molar-refractivity contribution in [2.24, 2.45) is 0 Å². The van der Waals surface area contributed by atoms with Crippen LogP contribution in [-0.4, -0.2) is 49.5 Å². The first-order valence-corrected chi connectivity index (χ1v) is 8.34. The van der Waals surface area contributed by atoms with E-state index in [1.54, 1.807) is 0 Å². The van der Waals surface area contributed by atoms with Crippen molar-refractivity contribution in [2.45, 2.75) is 38.3 Å². The van der Waals surface area contributed by atoms with Gasteiger partial charge in [0.05, 0.1) is 12.2 Å². The number of anilines is 1. The highest BCUT2D eigenvalue weighted by Gasteiger charge is 2.23. The lowest BCUT2D eigenvalue weighted by Crippen LogP contribution is -2.44. The first-order valence-electron chi connectivity index (χ1n) is 8.34. The number of nitrogens with zero attached hydrogens (tertiary/aromatic N) is 1. The molecule has 0 saturated carbocycles. The van der Waals surface area contributed by atoms with E-state index in [-0.39, 0.29) is 25.1 Å². The first kappa shape index (κ1) is 17.1. The van der Waals surface area contributed by atoms with E-state index in [9.17, 15) is 13.6 Å². The number of hydrogen-bond acceptors (Lipinski definition) is 4. The number of amides is 1. The molecule has 1 saturated heterocycles. The van der Waals surface area contributed by atoms with Crippen LogP contribution in [-0.2, 0) is 4.79 Å². The Kier molecular flexibility index (Phi) is 5.30. The largest absolute Gasteiger partial charge is 0.482 e. The highest BCUT2D eigenvalue weighted by molar-refractivity contribution is 5.95. The van der Waals surface area contributed by atoms with Gasteiger partial charge >= 0.3 is 0 Å². The molecule has 2 N–H and O–H groups in total. The molecular weight excluding hydrogens is 316 g/mol. The number of hydrogen-bond donors (Lipinski definition) is 2. The quantitative estimate of drug-likeness (QED) is 0.865. The molecule has 1 atom stereocenters. The molecule has 2 heterocycles. The summed E-state index contributed by atoms with van der Waals surface area (Å²) in [4.78, 5) is 13.2. The molecule has 0 unspecified atom stereocenters. The number of fused-ring (bicyclic) bond motifs is 1. The van der Waals surface area contributed by atoms with Crippen molar-refractivity contribution in [1.29, 1.82) is 0 Å². The maximum absolute atomic E-state index is 12.4. The number of benzene rings is 1. The average molecular weight is 339 g/mol. The van der Waals surface area contributed by atoms with Crippen LogP contribution in [0.5, 0.6) is 5.75 Å². The lowest BCUT2D eigenvalue weighted by molar-refractivity contribution is -0.118. The van der Waals surface area contributed by atoms with Crippen LogP contribution in [0.2, 0.25) is 0 Å². The summed E-state index contributed by atoms with van der Waals surface area (Å²) in [5.41, 5.74) is 1.76. The zero-order chi connectivity index (χ0) is 17.1. The third kappa shape index (κ3) is 4.21. The summed E-state index contributed by atoms with van der Waals surface area (Å²) in [6.07, 6.45) is -0.537. The molecule has 2 aliphatic rings. The standard InChI is InChI=1S/C17H23F2N3O2/c1-11(20-13-4-6-22(7-5-13)9-16(18)19)12-2-3-15-14(8-12)21-17(23)10-24-15/h2-3,8,11,13,16,20H,4-7,9-10H2,1H3,(H,21,23)/t11-/m1/s1. The van der Waals surface area contributed by atoms with Crippen molar-refractivity contribution < 1.29 is 18.3 Å². The van der Waals surface area contributed by atoms with Gasteiger partial charge in [-0.25, -0.2) is 8.78 Å². The van der Waals surface area contributed by atoms with Gasteiger partial charge in [-0.15, -0.1) is 0 Å². The number of piperidine rings is 1. The van der Waals surface area contributed by atoms with Crippen molar-refractivity contribution in [1.82, 2.24) is 10.2 Å². The molecule has 1 amide bonds. The number of likely N-dealkylation sites (tertiary alicyclic amines) is 1. The van der Waals surface area contributed by atoms with Crippen LogP contribution in [0.4, 0.5) is 14.5 Å². The fraction of sp³-hybridized carbons (Fsp3) is 0.588. The second-order valence-corrected chi connectivity index (χ2v) is 6.45. The molecule has 24 heavy (non-hydrogen) atoms. The van der Waals surface area contributed by atoms with E-state index in [1.807, 2.05) is 23.1 Å². The number of carbonyl (C=O) groups is 1. The Morgan fingerprint density at radius 1 is 1.38 bits per heavy atom. The van der Waals surface area contributed by atoms with Crippen LogP contribution in [0, 0.1) is 0 Å². The van der Waals surface area contributed by atoms with Gasteiger partial charge in [-0.3, -0.25) is 9.69 Å². The van der Waals surface area contributed by atoms with Gasteiger partial charge in [0.25, 0.3) is 12.3 Å². The minimum absolute atomic E-state index is 0.0529. The summed E-state index contributed by atoms with van der Waals surface area (Å²) < 4.78 is 30.2. The predicted octanol–water partition coefficient (Wildman–Crippen LogP) is 2.40. The van der Waals surface area contributed by atoms with Crippen LogP contribution in [0.25, 0.3) is 0 Å². The molecule has 0 aromatic heterocycles. The van der Waals surface area contributed by atoms with E-state index >= 15 is 0 Å². The summed E-state index contributed by atoms with van der Waals surface area (Å²) in [5.74, 6) is 0.539. The van der Waals surface area contributed by atoms with E-state index < -0.39 is 6.43 Å². The number of alkyl halides is 2. The Balaban J connectivity index is 1.55. The second kappa shape index (κ2) is 7.44. The van der Waals surface area contributed by atoms with Gasteiger partial charge in [0.1, 0.15) is 5.75 Å². The second-order valence-electron chi connectivity index (χ2n) is 6.45. The molecule has 2 aliphatic heterocycles. The molecule has 0 radical (unpaired) electrons. The topological polar surface area (TPSA) is 53.6 Å². The Labute approximate surface area is 140 Å². The molecule has 1 fully saturated rings. The number of carbonyl (C=O) groups excluding carboxylic acids is 1. The van der Waals surface area contributed by atoms with Gasteiger partial charge in [0.2, 0.25) is 0 Å². The lowest BCUT2D eigenvalue weighted by atomic mass is 10.0. The van der Waals surface area contributed by atoms with Crippen molar-refractivity contribution in [3.05, 3.63) is 23.8 Å². The van der Waals surface area contributed by atoms with Crippen molar-refractivity contribution in [2.75, 3.05) is 31.6 Å². The minimum atomic E-state index is -2.26. The molecule has 0 bridgehead atoms. The number of rotatable bonds is 5. The number of halogens is 2. The van der Waals surface area contributed by atoms with E-state index in [4.69, 9.17) is 4.74 Å². The van der Waals surface area contributed by atoms with Crippen LogP contribution >= 0.6 is 0 Å². The highest BCUT2D eigenvalue weighted by Crippen LogP contribution is 2.31. The van der Waals surface area contributed by atoms with E-state index in [1.165, 1.54) is 0 Å². The Morgan fingerprint density at radius 2 is 2.12 bits per heavy atom. The van der Waals surface area contributed by atoms with E-state index in [2.05, 4.69) is 17.6 Å². The average Bonchev–Trinajstić information content (AvgIpc) is 2.55. The normalized spacial score (nSPS) is 20.4. The van der Waals surface area contributed by atoms with Crippen molar-refractivity contribution in [3.8, 4) is 5.75 Å². The molecule has 5 nitrogen and oxygen atoms in total. The van der Waals surface area contributed by atoms with Gasteiger partial charge in [-0.2, -0.15) is 0 Å². The number of ether oxygens (including phenoxy) is 1. The zero-order valence-corrected chi connectivity index (χ0v) is 13.7. The summed E-state index contributed by atoms with van der Waals surface area (Å²) >= 11 is 0. The van der Waals surface area contributed by atoms with Gasteiger partial charge in [-0.1, -0.05) is 6.07 Å². The van der Waals surface area contributed by atoms with Crippen molar-refractivity contribution >= 4 is 11.6 Å². The van der Waals surface area contributed by atoms with Gasteiger partial charge < -0.3 is 15.4 Å². The third-order valence-electron chi connectivity index (χ3n) is 4.61. The van der Waals surface area contributed by atoms with Crippen LogP contribution in [0.15, 0.2) is 18.2 Å². The minimum Gasteiger partial charge on any atom is -0.482 e. The monoisotopic (exact) mass is 339 g/mol. The smallest absolute Gasteiger partial charge is 0.262 e. The fourth-order valence-electron chi connectivity index (χ4n) is 3.30. The molecule has 132 valence electrons.